The zero-order valence-electron chi connectivity index (χ0n) is 10.5. The third kappa shape index (κ3) is 3.31. The van der Waals surface area contributed by atoms with Crippen molar-refractivity contribution in [3.05, 3.63) is 24.2 Å². The van der Waals surface area contributed by atoms with Crippen LogP contribution < -0.4 is 5.73 Å². The van der Waals surface area contributed by atoms with E-state index in [1.54, 1.807) is 12.5 Å². The summed E-state index contributed by atoms with van der Waals surface area (Å²) in [5, 5.41) is 0. The van der Waals surface area contributed by atoms with Crippen LogP contribution in [0.5, 0.6) is 0 Å². The molecule has 1 aliphatic rings. The average Bonchev–Trinajstić information content (AvgIpc) is 2.84. The smallest absolute Gasteiger partial charge is 0.0947 e. The SMILES string of the molecule is CN(Cc1ccoc1)C(CN)C1CCOCC1. The Labute approximate surface area is 103 Å². The molecule has 1 aromatic heterocycles. The fourth-order valence-electron chi connectivity index (χ4n) is 2.62. The second-order valence-corrected chi connectivity index (χ2v) is 4.80. The molecule has 0 amide bonds. The standard InChI is InChI=1S/C13H22N2O2/c1-15(9-11-2-5-17-10-11)13(8-14)12-3-6-16-7-4-12/h2,5,10,12-13H,3-4,6-9,14H2,1H3. The maximum absolute atomic E-state index is 5.93. The molecule has 2 heterocycles. The Morgan fingerprint density at radius 2 is 2.24 bits per heavy atom. The molecule has 2 rings (SSSR count). The van der Waals surface area contributed by atoms with Crippen molar-refractivity contribution in [1.29, 1.82) is 0 Å². The van der Waals surface area contributed by atoms with Gasteiger partial charge in [-0.05, 0) is 31.9 Å². The lowest BCUT2D eigenvalue weighted by atomic mass is 9.90. The number of likely N-dealkylation sites (N-methyl/N-ethyl adjacent to an activating group) is 1. The number of nitrogens with zero attached hydrogens (tertiary/aromatic N) is 1. The maximum Gasteiger partial charge on any atom is 0.0947 e. The molecular formula is C13H22N2O2. The number of rotatable bonds is 5. The van der Waals surface area contributed by atoms with E-state index in [0.717, 1.165) is 32.6 Å². The Hall–Kier alpha value is -0.840. The van der Waals surface area contributed by atoms with Crippen molar-refractivity contribution >= 4 is 0 Å². The number of nitrogens with two attached hydrogens (primary N) is 1. The van der Waals surface area contributed by atoms with Crippen LogP contribution in [-0.4, -0.2) is 37.7 Å². The molecule has 0 aromatic carbocycles. The minimum atomic E-state index is 0.439. The van der Waals surface area contributed by atoms with Gasteiger partial charge in [0.05, 0.1) is 12.5 Å². The van der Waals surface area contributed by atoms with E-state index in [9.17, 15) is 0 Å². The minimum Gasteiger partial charge on any atom is -0.472 e. The highest BCUT2D eigenvalue weighted by Crippen LogP contribution is 2.22. The molecule has 0 bridgehead atoms. The molecule has 4 nitrogen and oxygen atoms in total. The first-order valence-corrected chi connectivity index (χ1v) is 6.30. The van der Waals surface area contributed by atoms with Crippen molar-refractivity contribution in [3.8, 4) is 0 Å². The van der Waals surface area contributed by atoms with E-state index >= 15 is 0 Å². The van der Waals surface area contributed by atoms with E-state index in [1.165, 1.54) is 5.56 Å². The van der Waals surface area contributed by atoms with Crippen LogP contribution in [0.1, 0.15) is 18.4 Å². The van der Waals surface area contributed by atoms with Crippen LogP contribution in [0.3, 0.4) is 0 Å². The molecule has 0 spiro atoms. The predicted molar refractivity (Wildman–Crippen MR) is 66.6 cm³/mol. The highest BCUT2D eigenvalue weighted by Gasteiger charge is 2.26. The van der Waals surface area contributed by atoms with Gasteiger partial charge in [-0.3, -0.25) is 4.90 Å². The average molecular weight is 238 g/mol. The monoisotopic (exact) mass is 238 g/mol. The van der Waals surface area contributed by atoms with Gasteiger partial charge in [-0.1, -0.05) is 0 Å². The molecule has 2 N–H and O–H groups in total. The van der Waals surface area contributed by atoms with E-state index in [-0.39, 0.29) is 0 Å². The third-order valence-corrected chi connectivity index (χ3v) is 3.63. The second kappa shape index (κ2) is 6.19. The lowest BCUT2D eigenvalue weighted by molar-refractivity contribution is 0.0321. The molecule has 1 fully saturated rings. The van der Waals surface area contributed by atoms with Gasteiger partial charge in [0.2, 0.25) is 0 Å². The topological polar surface area (TPSA) is 51.6 Å². The fraction of sp³-hybridized carbons (Fsp3) is 0.692. The molecule has 1 aliphatic heterocycles. The van der Waals surface area contributed by atoms with Crippen LogP contribution in [0.2, 0.25) is 0 Å². The molecule has 1 saturated heterocycles. The maximum atomic E-state index is 5.93. The predicted octanol–water partition coefficient (Wildman–Crippen LogP) is 1.47. The molecule has 96 valence electrons. The molecule has 1 atom stereocenters. The van der Waals surface area contributed by atoms with Crippen LogP contribution in [0.4, 0.5) is 0 Å². The Bertz CT molecular complexity index is 307. The van der Waals surface area contributed by atoms with Gasteiger partial charge in [0.1, 0.15) is 0 Å². The Morgan fingerprint density at radius 1 is 1.47 bits per heavy atom. The fourth-order valence-corrected chi connectivity index (χ4v) is 2.62. The Morgan fingerprint density at radius 3 is 2.82 bits per heavy atom. The third-order valence-electron chi connectivity index (χ3n) is 3.63. The second-order valence-electron chi connectivity index (χ2n) is 4.80. The van der Waals surface area contributed by atoms with Gasteiger partial charge < -0.3 is 14.9 Å². The molecule has 17 heavy (non-hydrogen) atoms. The van der Waals surface area contributed by atoms with Gasteiger partial charge in [0, 0.05) is 37.9 Å². The number of hydrogen-bond donors (Lipinski definition) is 1. The molecule has 0 aliphatic carbocycles. The summed E-state index contributed by atoms with van der Waals surface area (Å²) in [6.45, 7) is 3.36. The van der Waals surface area contributed by atoms with E-state index in [0.29, 0.717) is 18.5 Å². The lowest BCUT2D eigenvalue weighted by Gasteiger charge is -2.35. The van der Waals surface area contributed by atoms with Crippen LogP contribution in [0.25, 0.3) is 0 Å². The van der Waals surface area contributed by atoms with Gasteiger partial charge in [-0.25, -0.2) is 0 Å². The number of hydrogen-bond acceptors (Lipinski definition) is 4. The van der Waals surface area contributed by atoms with Crippen LogP contribution in [0.15, 0.2) is 23.0 Å². The summed E-state index contributed by atoms with van der Waals surface area (Å²) in [6, 6.07) is 2.45. The van der Waals surface area contributed by atoms with Gasteiger partial charge in [-0.15, -0.1) is 0 Å². The summed E-state index contributed by atoms with van der Waals surface area (Å²) in [5.74, 6) is 0.658. The van der Waals surface area contributed by atoms with E-state index in [4.69, 9.17) is 14.9 Å². The van der Waals surface area contributed by atoms with E-state index in [1.807, 2.05) is 6.07 Å². The Balaban J connectivity index is 1.92. The first-order chi connectivity index (χ1) is 8.31. The van der Waals surface area contributed by atoms with Crippen molar-refractivity contribution in [1.82, 2.24) is 4.90 Å². The molecule has 1 unspecified atom stereocenters. The van der Waals surface area contributed by atoms with Crippen molar-refractivity contribution in [2.75, 3.05) is 26.8 Å². The summed E-state index contributed by atoms with van der Waals surface area (Å²) >= 11 is 0. The highest BCUT2D eigenvalue weighted by atomic mass is 16.5. The molecule has 0 radical (unpaired) electrons. The van der Waals surface area contributed by atoms with Crippen molar-refractivity contribution in [2.45, 2.75) is 25.4 Å². The van der Waals surface area contributed by atoms with Gasteiger partial charge >= 0.3 is 0 Å². The summed E-state index contributed by atoms with van der Waals surface area (Å²) in [7, 11) is 2.14. The summed E-state index contributed by atoms with van der Waals surface area (Å²) in [4.78, 5) is 2.33. The van der Waals surface area contributed by atoms with Crippen LogP contribution in [0, 0.1) is 5.92 Å². The quantitative estimate of drug-likeness (QED) is 0.844. The largest absolute Gasteiger partial charge is 0.472 e. The zero-order chi connectivity index (χ0) is 12.1. The van der Waals surface area contributed by atoms with E-state index in [2.05, 4.69) is 11.9 Å². The number of furan rings is 1. The number of ether oxygens (including phenoxy) is 1. The summed E-state index contributed by atoms with van der Waals surface area (Å²) < 4.78 is 10.5. The molecular weight excluding hydrogens is 216 g/mol. The summed E-state index contributed by atoms with van der Waals surface area (Å²) in [5.41, 5.74) is 7.13. The minimum absolute atomic E-state index is 0.439. The summed E-state index contributed by atoms with van der Waals surface area (Å²) in [6.07, 6.45) is 5.76. The Kier molecular flexibility index (Phi) is 4.59. The normalized spacial score (nSPS) is 19.7. The molecule has 4 heteroatoms. The lowest BCUT2D eigenvalue weighted by Crippen LogP contribution is -2.44. The van der Waals surface area contributed by atoms with Crippen molar-refractivity contribution in [2.24, 2.45) is 11.7 Å². The molecule has 1 aromatic rings. The van der Waals surface area contributed by atoms with E-state index < -0.39 is 0 Å². The van der Waals surface area contributed by atoms with Gasteiger partial charge in [0.15, 0.2) is 0 Å². The van der Waals surface area contributed by atoms with Crippen molar-refractivity contribution < 1.29 is 9.15 Å². The van der Waals surface area contributed by atoms with Gasteiger partial charge in [-0.2, -0.15) is 0 Å². The van der Waals surface area contributed by atoms with Crippen molar-refractivity contribution in [3.63, 3.8) is 0 Å². The highest BCUT2D eigenvalue weighted by molar-refractivity contribution is 5.05. The first kappa shape index (κ1) is 12.6. The van der Waals surface area contributed by atoms with Gasteiger partial charge in [0.25, 0.3) is 0 Å². The van der Waals surface area contributed by atoms with Crippen LogP contribution >= 0.6 is 0 Å². The molecule has 0 saturated carbocycles. The zero-order valence-corrected chi connectivity index (χ0v) is 10.5. The first-order valence-electron chi connectivity index (χ1n) is 6.30. The van der Waals surface area contributed by atoms with Crippen LogP contribution in [-0.2, 0) is 11.3 Å².